The van der Waals surface area contributed by atoms with Crippen LogP contribution in [0.15, 0.2) is 61.1 Å². The van der Waals surface area contributed by atoms with E-state index >= 15 is 0 Å². The minimum absolute atomic E-state index is 0.158. The second-order valence-corrected chi connectivity index (χ2v) is 7.32. The summed E-state index contributed by atoms with van der Waals surface area (Å²) in [6.45, 7) is 4.16. The van der Waals surface area contributed by atoms with Crippen molar-refractivity contribution >= 4 is 11.6 Å². The van der Waals surface area contributed by atoms with Gasteiger partial charge >= 0.3 is 0 Å². The predicted octanol–water partition coefficient (Wildman–Crippen LogP) is 5.11. The molecule has 5 nitrogen and oxygen atoms in total. The number of halogens is 1. The summed E-state index contributed by atoms with van der Waals surface area (Å²) in [4.78, 5) is 9.24. The van der Waals surface area contributed by atoms with Crippen molar-refractivity contribution in [3.8, 4) is 22.5 Å². The molecule has 0 saturated heterocycles. The van der Waals surface area contributed by atoms with Crippen LogP contribution in [0.1, 0.15) is 24.4 Å². The lowest BCUT2D eigenvalue weighted by molar-refractivity contribution is 0.542. The van der Waals surface area contributed by atoms with Crippen LogP contribution in [0.5, 0.6) is 0 Å². The first-order valence-electron chi connectivity index (χ1n) is 9.28. The Balaban J connectivity index is 1.86. The lowest BCUT2D eigenvalue weighted by Gasteiger charge is -2.17. The second-order valence-electron chi connectivity index (χ2n) is 6.96. The van der Waals surface area contributed by atoms with Gasteiger partial charge in [-0.15, -0.1) is 0 Å². The highest BCUT2D eigenvalue weighted by molar-refractivity contribution is 6.32. The van der Waals surface area contributed by atoms with Crippen LogP contribution in [0, 0.1) is 6.92 Å². The van der Waals surface area contributed by atoms with E-state index in [0.29, 0.717) is 5.15 Å². The molecule has 0 aliphatic carbocycles. The van der Waals surface area contributed by atoms with Crippen LogP contribution in [0.2, 0.25) is 5.15 Å². The van der Waals surface area contributed by atoms with E-state index in [-0.39, 0.29) is 6.04 Å². The number of pyridine rings is 1. The first kappa shape index (κ1) is 18.4. The van der Waals surface area contributed by atoms with Gasteiger partial charge < -0.3 is 4.57 Å². The highest BCUT2D eigenvalue weighted by atomic mass is 35.5. The molecule has 0 saturated carbocycles. The first-order valence-corrected chi connectivity index (χ1v) is 9.65. The van der Waals surface area contributed by atoms with Gasteiger partial charge in [0.05, 0.1) is 29.0 Å². The standard InChI is InChI=1S/C22H22ClN5/c1-15(13-18-11-7-8-12-24-18)28-14-25-20(17-9-5-4-6-10-17)21(28)19-16(2)26-27(3)22(19)23/h4-12,14-15H,13H2,1-3H3. The van der Waals surface area contributed by atoms with E-state index in [0.717, 1.165) is 40.3 Å². The molecule has 3 aromatic heterocycles. The van der Waals surface area contributed by atoms with E-state index in [2.05, 4.69) is 33.7 Å². The smallest absolute Gasteiger partial charge is 0.136 e. The molecule has 0 bridgehead atoms. The van der Waals surface area contributed by atoms with Crippen LogP contribution in [-0.4, -0.2) is 24.3 Å². The summed E-state index contributed by atoms with van der Waals surface area (Å²) in [6, 6.07) is 16.3. The average molecular weight is 392 g/mol. The van der Waals surface area contributed by atoms with E-state index in [1.165, 1.54) is 0 Å². The Morgan fingerprint density at radius 2 is 1.79 bits per heavy atom. The molecule has 0 radical (unpaired) electrons. The van der Waals surface area contributed by atoms with Crippen LogP contribution in [0.25, 0.3) is 22.5 Å². The summed E-state index contributed by atoms with van der Waals surface area (Å²) in [7, 11) is 1.86. The fourth-order valence-corrected chi connectivity index (χ4v) is 3.83. The largest absolute Gasteiger partial charge is 0.327 e. The fraction of sp³-hybridized carbons (Fsp3) is 0.227. The van der Waals surface area contributed by atoms with Gasteiger partial charge in [-0.05, 0) is 26.0 Å². The third kappa shape index (κ3) is 3.34. The molecule has 0 amide bonds. The number of benzene rings is 1. The maximum absolute atomic E-state index is 6.65. The van der Waals surface area contributed by atoms with Gasteiger partial charge in [-0.1, -0.05) is 48.0 Å². The molecule has 4 rings (SSSR count). The van der Waals surface area contributed by atoms with E-state index in [1.54, 1.807) is 4.68 Å². The minimum atomic E-state index is 0.158. The summed E-state index contributed by atoms with van der Waals surface area (Å²) in [6.07, 6.45) is 4.53. The summed E-state index contributed by atoms with van der Waals surface area (Å²) < 4.78 is 3.90. The molecule has 142 valence electrons. The molecule has 0 N–H and O–H groups in total. The zero-order valence-corrected chi connectivity index (χ0v) is 16.9. The highest BCUT2D eigenvalue weighted by Crippen LogP contribution is 2.39. The van der Waals surface area contributed by atoms with Crippen LogP contribution >= 0.6 is 11.6 Å². The Morgan fingerprint density at radius 1 is 1.04 bits per heavy atom. The van der Waals surface area contributed by atoms with E-state index in [9.17, 15) is 0 Å². The maximum Gasteiger partial charge on any atom is 0.136 e. The first-order chi connectivity index (χ1) is 13.6. The van der Waals surface area contributed by atoms with Crippen molar-refractivity contribution in [1.82, 2.24) is 24.3 Å². The molecule has 0 aliphatic heterocycles. The molecule has 1 atom stereocenters. The van der Waals surface area contributed by atoms with Crippen molar-refractivity contribution in [2.24, 2.45) is 7.05 Å². The van der Waals surface area contributed by atoms with Gasteiger partial charge in [0.25, 0.3) is 0 Å². The zero-order valence-electron chi connectivity index (χ0n) is 16.2. The third-order valence-corrected chi connectivity index (χ3v) is 5.37. The predicted molar refractivity (Wildman–Crippen MR) is 112 cm³/mol. The number of nitrogens with zero attached hydrogens (tertiary/aromatic N) is 5. The minimum Gasteiger partial charge on any atom is -0.327 e. The molecule has 6 heteroatoms. The second kappa shape index (κ2) is 7.60. The monoisotopic (exact) mass is 391 g/mol. The van der Waals surface area contributed by atoms with E-state index in [4.69, 9.17) is 16.6 Å². The van der Waals surface area contributed by atoms with Crippen molar-refractivity contribution in [3.63, 3.8) is 0 Å². The maximum atomic E-state index is 6.65. The van der Waals surface area contributed by atoms with E-state index in [1.807, 2.05) is 62.9 Å². The van der Waals surface area contributed by atoms with Crippen molar-refractivity contribution in [3.05, 3.63) is 77.6 Å². The number of hydrogen-bond acceptors (Lipinski definition) is 3. The van der Waals surface area contributed by atoms with Gasteiger partial charge in [-0.25, -0.2) is 4.98 Å². The molecule has 3 heterocycles. The zero-order chi connectivity index (χ0) is 19.7. The Bertz CT molecular complexity index is 1080. The quantitative estimate of drug-likeness (QED) is 0.475. The molecular weight excluding hydrogens is 370 g/mol. The lowest BCUT2D eigenvalue weighted by atomic mass is 10.0. The van der Waals surface area contributed by atoms with Crippen molar-refractivity contribution in [2.75, 3.05) is 0 Å². The highest BCUT2D eigenvalue weighted by Gasteiger charge is 2.24. The molecule has 1 unspecified atom stereocenters. The third-order valence-electron chi connectivity index (χ3n) is 4.94. The van der Waals surface area contributed by atoms with Crippen LogP contribution in [0.4, 0.5) is 0 Å². The number of rotatable bonds is 5. The van der Waals surface area contributed by atoms with Gasteiger partial charge in [0, 0.05) is 37.0 Å². The number of aryl methyl sites for hydroxylation is 2. The lowest BCUT2D eigenvalue weighted by Crippen LogP contribution is -2.10. The molecule has 28 heavy (non-hydrogen) atoms. The molecule has 0 spiro atoms. The molecule has 1 aromatic carbocycles. The summed E-state index contributed by atoms with van der Waals surface area (Å²) in [5, 5.41) is 5.13. The summed E-state index contributed by atoms with van der Waals surface area (Å²) in [5.74, 6) is 0. The Morgan fingerprint density at radius 3 is 2.43 bits per heavy atom. The van der Waals surface area contributed by atoms with Gasteiger partial charge in [-0.2, -0.15) is 5.10 Å². The topological polar surface area (TPSA) is 48.5 Å². The number of hydrogen-bond donors (Lipinski definition) is 0. The van der Waals surface area contributed by atoms with Crippen molar-refractivity contribution in [2.45, 2.75) is 26.3 Å². The SMILES string of the molecule is Cc1nn(C)c(Cl)c1-c1c(-c2ccccc2)ncn1C(C)Cc1ccccn1. The summed E-state index contributed by atoms with van der Waals surface area (Å²) in [5.41, 5.74) is 5.81. The van der Waals surface area contributed by atoms with E-state index < -0.39 is 0 Å². The van der Waals surface area contributed by atoms with Gasteiger partial charge in [0.15, 0.2) is 0 Å². The average Bonchev–Trinajstić information content (AvgIpc) is 3.24. The van der Waals surface area contributed by atoms with Crippen molar-refractivity contribution in [1.29, 1.82) is 0 Å². The van der Waals surface area contributed by atoms with Crippen LogP contribution in [-0.2, 0) is 13.5 Å². The van der Waals surface area contributed by atoms with Crippen LogP contribution in [0.3, 0.4) is 0 Å². The van der Waals surface area contributed by atoms with Crippen LogP contribution < -0.4 is 0 Å². The number of imidazole rings is 1. The van der Waals surface area contributed by atoms with Gasteiger partial charge in [0.1, 0.15) is 5.15 Å². The molecular formula is C22H22ClN5. The Kier molecular flexibility index (Phi) is 5.01. The normalized spacial score (nSPS) is 12.3. The van der Waals surface area contributed by atoms with Gasteiger partial charge in [-0.3, -0.25) is 9.67 Å². The fourth-order valence-electron chi connectivity index (χ4n) is 3.57. The molecule has 4 aromatic rings. The Hall–Kier alpha value is -2.92. The van der Waals surface area contributed by atoms with Crippen molar-refractivity contribution < 1.29 is 0 Å². The molecule has 0 aliphatic rings. The van der Waals surface area contributed by atoms with Gasteiger partial charge in [0.2, 0.25) is 0 Å². The number of aromatic nitrogens is 5. The molecule has 0 fully saturated rings. The summed E-state index contributed by atoms with van der Waals surface area (Å²) >= 11 is 6.65. The Labute approximate surface area is 169 Å².